The van der Waals surface area contributed by atoms with Crippen LogP contribution in [0, 0.1) is 10.1 Å². The maximum absolute atomic E-state index is 10.6. The lowest BCUT2D eigenvalue weighted by molar-refractivity contribution is -0.384. The number of nitrogens with one attached hydrogen (secondary N) is 1. The number of nitrogens with zero attached hydrogens (tertiary/aromatic N) is 4. The standard InChI is InChI=1S/C14H19N5O2/c1-2-8-15-10-13-11-18(17-16-13)9-7-12-3-5-14(6-4-12)19(20)21/h3-6,11,15H,2,7-10H2,1H3. The molecular formula is C14H19N5O2. The fraction of sp³-hybridized carbons (Fsp3) is 0.429. The summed E-state index contributed by atoms with van der Waals surface area (Å²) in [5, 5.41) is 22.0. The molecule has 1 aromatic carbocycles. The van der Waals surface area contributed by atoms with Crippen molar-refractivity contribution in [3.8, 4) is 0 Å². The smallest absolute Gasteiger partial charge is 0.269 e. The van der Waals surface area contributed by atoms with Crippen LogP contribution in [0.25, 0.3) is 0 Å². The van der Waals surface area contributed by atoms with Gasteiger partial charge >= 0.3 is 0 Å². The van der Waals surface area contributed by atoms with Gasteiger partial charge in [-0.2, -0.15) is 0 Å². The van der Waals surface area contributed by atoms with Crippen LogP contribution >= 0.6 is 0 Å². The number of non-ortho nitro benzene ring substituents is 1. The van der Waals surface area contributed by atoms with Gasteiger partial charge in [0.2, 0.25) is 0 Å². The van der Waals surface area contributed by atoms with Crippen LogP contribution in [0.5, 0.6) is 0 Å². The van der Waals surface area contributed by atoms with E-state index in [9.17, 15) is 10.1 Å². The van der Waals surface area contributed by atoms with Gasteiger partial charge in [-0.1, -0.05) is 24.3 Å². The van der Waals surface area contributed by atoms with Crippen molar-refractivity contribution in [3.63, 3.8) is 0 Å². The van der Waals surface area contributed by atoms with Crippen molar-refractivity contribution in [1.29, 1.82) is 0 Å². The molecule has 0 spiro atoms. The monoisotopic (exact) mass is 289 g/mol. The summed E-state index contributed by atoms with van der Waals surface area (Å²) in [6.07, 6.45) is 3.78. The molecule has 0 aliphatic rings. The van der Waals surface area contributed by atoms with E-state index >= 15 is 0 Å². The zero-order chi connectivity index (χ0) is 15.1. The molecule has 0 radical (unpaired) electrons. The first-order chi connectivity index (χ1) is 10.2. The molecule has 0 unspecified atom stereocenters. The van der Waals surface area contributed by atoms with Crippen molar-refractivity contribution in [2.75, 3.05) is 6.54 Å². The zero-order valence-corrected chi connectivity index (χ0v) is 12.0. The van der Waals surface area contributed by atoms with E-state index in [1.54, 1.807) is 16.8 Å². The van der Waals surface area contributed by atoms with Crippen molar-refractivity contribution in [3.05, 3.63) is 51.8 Å². The lowest BCUT2D eigenvalue weighted by Gasteiger charge is -2.01. The molecule has 21 heavy (non-hydrogen) atoms. The molecule has 0 saturated carbocycles. The van der Waals surface area contributed by atoms with Gasteiger partial charge in [0.05, 0.1) is 10.6 Å². The van der Waals surface area contributed by atoms with Gasteiger partial charge in [-0.05, 0) is 24.9 Å². The van der Waals surface area contributed by atoms with Crippen LogP contribution < -0.4 is 5.32 Å². The van der Waals surface area contributed by atoms with Crippen LogP contribution in [-0.2, 0) is 19.5 Å². The van der Waals surface area contributed by atoms with Gasteiger partial charge in [0.15, 0.2) is 0 Å². The third-order valence-electron chi connectivity index (χ3n) is 3.10. The van der Waals surface area contributed by atoms with Gasteiger partial charge in [-0.3, -0.25) is 14.8 Å². The first-order valence-corrected chi connectivity index (χ1v) is 7.02. The molecule has 0 bridgehead atoms. The summed E-state index contributed by atoms with van der Waals surface area (Å²) in [5.74, 6) is 0. The maximum atomic E-state index is 10.6. The first kappa shape index (κ1) is 15.1. The van der Waals surface area contributed by atoms with E-state index in [2.05, 4.69) is 22.6 Å². The van der Waals surface area contributed by atoms with Crippen molar-refractivity contribution in [1.82, 2.24) is 20.3 Å². The Morgan fingerprint density at radius 3 is 2.76 bits per heavy atom. The lowest BCUT2D eigenvalue weighted by Crippen LogP contribution is -2.13. The van der Waals surface area contributed by atoms with Crippen LogP contribution in [0.1, 0.15) is 24.6 Å². The topological polar surface area (TPSA) is 85.9 Å². The Morgan fingerprint density at radius 1 is 1.33 bits per heavy atom. The summed E-state index contributed by atoms with van der Waals surface area (Å²) in [6.45, 7) is 4.52. The Hall–Kier alpha value is -2.28. The van der Waals surface area contributed by atoms with E-state index in [-0.39, 0.29) is 5.69 Å². The molecule has 2 rings (SSSR count). The molecule has 2 aromatic rings. The SMILES string of the molecule is CCCNCc1cn(CCc2ccc([N+](=O)[O-])cc2)nn1. The van der Waals surface area contributed by atoms with Crippen molar-refractivity contribution in [2.24, 2.45) is 0 Å². The minimum atomic E-state index is -0.392. The first-order valence-electron chi connectivity index (χ1n) is 7.02. The summed E-state index contributed by atoms with van der Waals surface area (Å²) >= 11 is 0. The summed E-state index contributed by atoms with van der Waals surface area (Å²) in [7, 11) is 0. The Bertz CT molecular complexity index is 579. The van der Waals surface area contributed by atoms with Gasteiger partial charge in [-0.25, -0.2) is 0 Å². The summed E-state index contributed by atoms with van der Waals surface area (Å²) in [5.41, 5.74) is 2.08. The number of hydrogen-bond donors (Lipinski definition) is 1. The Kier molecular flexibility index (Phi) is 5.39. The largest absolute Gasteiger partial charge is 0.311 e. The maximum Gasteiger partial charge on any atom is 0.269 e. The summed E-state index contributed by atoms with van der Waals surface area (Å²) in [4.78, 5) is 10.2. The lowest BCUT2D eigenvalue weighted by atomic mass is 10.1. The normalized spacial score (nSPS) is 10.7. The van der Waals surface area contributed by atoms with Gasteiger partial charge in [0, 0.05) is 31.4 Å². The fourth-order valence-corrected chi connectivity index (χ4v) is 1.95. The molecule has 7 heteroatoms. The molecule has 0 atom stereocenters. The number of nitro benzene ring substituents is 1. The van der Waals surface area contributed by atoms with E-state index in [1.807, 2.05) is 6.20 Å². The van der Waals surface area contributed by atoms with Gasteiger partial charge < -0.3 is 5.32 Å². The van der Waals surface area contributed by atoms with Crippen molar-refractivity contribution < 1.29 is 4.92 Å². The average molecular weight is 289 g/mol. The number of aryl methyl sites for hydroxylation is 2. The predicted molar refractivity (Wildman–Crippen MR) is 78.8 cm³/mol. The molecule has 1 aromatic heterocycles. The third-order valence-corrected chi connectivity index (χ3v) is 3.10. The molecule has 0 saturated heterocycles. The summed E-state index contributed by atoms with van der Waals surface area (Å²) in [6, 6.07) is 6.60. The van der Waals surface area contributed by atoms with Crippen molar-refractivity contribution >= 4 is 5.69 Å². The van der Waals surface area contributed by atoms with Crippen molar-refractivity contribution in [2.45, 2.75) is 32.9 Å². The Labute approximate surface area is 123 Å². The molecule has 1 heterocycles. The molecule has 0 aliphatic carbocycles. The third kappa shape index (κ3) is 4.64. The molecule has 1 N–H and O–H groups in total. The van der Waals surface area contributed by atoms with Gasteiger partial charge in [0.1, 0.15) is 0 Å². The van der Waals surface area contributed by atoms with Gasteiger partial charge in [-0.15, -0.1) is 5.10 Å². The van der Waals surface area contributed by atoms with Crippen LogP contribution in [0.3, 0.4) is 0 Å². The highest BCUT2D eigenvalue weighted by atomic mass is 16.6. The molecule has 7 nitrogen and oxygen atoms in total. The van der Waals surface area contributed by atoms with E-state index in [0.717, 1.165) is 37.2 Å². The van der Waals surface area contributed by atoms with E-state index in [4.69, 9.17) is 0 Å². The Morgan fingerprint density at radius 2 is 2.10 bits per heavy atom. The highest BCUT2D eigenvalue weighted by molar-refractivity contribution is 5.32. The zero-order valence-electron chi connectivity index (χ0n) is 12.0. The number of aromatic nitrogens is 3. The van der Waals surface area contributed by atoms with Crippen LogP contribution in [0.4, 0.5) is 5.69 Å². The molecule has 112 valence electrons. The van der Waals surface area contributed by atoms with Crippen LogP contribution in [0.2, 0.25) is 0 Å². The minimum Gasteiger partial charge on any atom is -0.311 e. The minimum absolute atomic E-state index is 0.115. The number of nitro groups is 1. The highest BCUT2D eigenvalue weighted by Gasteiger charge is 2.05. The second kappa shape index (κ2) is 7.49. The quantitative estimate of drug-likeness (QED) is 0.456. The average Bonchev–Trinajstić information content (AvgIpc) is 2.94. The number of benzene rings is 1. The molecular weight excluding hydrogens is 270 g/mol. The fourth-order valence-electron chi connectivity index (χ4n) is 1.95. The number of rotatable bonds is 8. The van der Waals surface area contributed by atoms with Crippen LogP contribution in [0.15, 0.2) is 30.5 Å². The van der Waals surface area contributed by atoms with Crippen LogP contribution in [-0.4, -0.2) is 26.5 Å². The highest BCUT2D eigenvalue weighted by Crippen LogP contribution is 2.12. The number of hydrogen-bond acceptors (Lipinski definition) is 5. The second-order valence-corrected chi connectivity index (χ2v) is 4.82. The molecule has 0 amide bonds. The molecule has 0 fully saturated rings. The second-order valence-electron chi connectivity index (χ2n) is 4.82. The van der Waals surface area contributed by atoms with E-state index in [0.29, 0.717) is 6.54 Å². The predicted octanol–water partition coefficient (Wildman–Crippen LogP) is 1.93. The summed E-state index contributed by atoms with van der Waals surface area (Å²) < 4.78 is 1.80. The van der Waals surface area contributed by atoms with Gasteiger partial charge in [0.25, 0.3) is 5.69 Å². The molecule has 0 aliphatic heterocycles. The van der Waals surface area contributed by atoms with E-state index in [1.165, 1.54) is 12.1 Å². The van der Waals surface area contributed by atoms with E-state index < -0.39 is 4.92 Å². The Balaban J connectivity index is 1.83.